The zero-order valence-electron chi connectivity index (χ0n) is 16.8. The molecule has 0 amide bonds. The molecule has 0 bridgehead atoms. The van der Waals surface area contributed by atoms with Gasteiger partial charge in [-0.3, -0.25) is 9.67 Å². The van der Waals surface area contributed by atoms with Crippen molar-refractivity contribution in [3.8, 4) is 0 Å². The normalized spacial score (nSPS) is 18.8. The number of anilines is 1. The Morgan fingerprint density at radius 2 is 2.15 bits per heavy atom. The van der Waals surface area contributed by atoms with E-state index >= 15 is 0 Å². The van der Waals surface area contributed by atoms with Crippen LogP contribution in [-0.2, 0) is 17.1 Å². The number of nitrogens with one attached hydrogen (secondary N) is 2. The summed E-state index contributed by atoms with van der Waals surface area (Å²) in [5.41, 5.74) is 1.12. The Hall–Kier alpha value is -1.81. The molecule has 10 heteroatoms. The van der Waals surface area contributed by atoms with Crippen molar-refractivity contribution in [2.24, 2.45) is 12.0 Å². The first-order chi connectivity index (χ1) is 12.9. The number of guanidine groups is 1. The summed E-state index contributed by atoms with van der Waals surface area (Å²) in [7, 11) is 0.391. The van der Waals surface area contributed by atoms with Gasteiger partial charge in [-0.05, 0) is 12.8 Å². The maximum absolute atomic E-state index is 12.3. The van der Waals surface area contributed by atoms with Crippen molar-refractivity contribution in [1.82, 2.24) is 24.7 Å². The molecule has 1 atom stereocenters. The molecule has 1 aromatic rings. The van der Waals surface area contributed by atoms with E-state index in [2.05, 4.69) is 25.6 Å². The smallest absolute Gasteiger partial charge is 0.215 e. The van der Waals surface area contributed by atoms with Gasteiger partial charge in [0, 0.05) is 59.1 Å². The van der Waals surface area contributed by atoms with Crippen LogP contribution in [0.25, 0.3) is 0 Å². The fourth-order valence-electron chi connectivity index (χ4n) is 3.33. The Balaban J connectivity index is 1.84. The molecule has 154 valence electrons. The average Bonchev–Trinajstić information content (AvgIpc) is 3.08. The molecule has 2 rings (SSSR count). The van der Waals surface area contributed by atoms with Crippen molar-refractivity contribution in [3.63, 3.8) is 0 Å². The lowest BCUT2D eigenvalue weighted by Crippen LogP contribution is -2.52. The van der Waals surface area contributed by atoms with E-state index < -0.39 is 10.0 Å². The minimum Gasteiger partial charge on any atom is -0.367 e. The molecule has 0 radical (unpaired) electrons. The van der Waals surface area contributed by atoms with E-state index in [0.717, 1.165) is 31.6 Å². The van der Waals surface area contributed by atoms with E-state index in [1.807, 2.05) is 38.0 Å². The summed E-state index contributed by atoms with van der Waals surface area (Å²) < 4.78 is 27.8. The van der Waals surface area contributed by atoms with Crippen molar-refractivity contribution in [3.05, 3.63) is 12.4 Å². The Morgan fingerprint density at radius 1 is 1.41 bits per heavy atom. The summed E-state index contributed by atoms with van der Waals surface area (Å²) in [6, 6.07) is 0.254. The van der Waals surface area contributed by atoms with Gasteiger partial charge >= 0.3 is 0 Å². The van der Waals surface area contributed by atoms with Crippen molar-refractivity contribution < 1.29 is 8.42 Å². The largest absolute Gasteiger partial charge is 0.367 e. The Kier molecular flexibility index (Phi) is 7.91. The Labute approximate surface area is 162 Å². The van der Waals surface area contributed by atoms with Crippen LogP contribution >= 0.6 is 0 Å². The molecule has 1 aliphatic heterocycles. The average molecular weight is 400 g/mol. The summed E-state index contributed by atoms with van der Waals surface area (Å²) in [5, 5.41) is 10.8. The minimum absolute atomic E-state index is 0.0574. The second-order valence-electron chi connectivity index (χ2n) is 6.70. The number of hydrogen-bond acceptors (Lipinski definition) is 5. The van der Waals surface area contributed by atoms with Crippen molar-refractivity contribution >= 4 is 21.7 Å². The molecular weight excluding hydrogens is 366 g/mol. The molecule has 1 saturated heterocycles. The molecule has 0 aromatic carbocycles. The minimum atomic E-state index is -3.23. The van der Waals surface area contributed by atoms with Gasteiger partial charge in [0.2, 0.25) is 10.0 Å². The second-order valence-corrected chi connectivity index (χ2v) is 8.79. The molecule has 1 unspecified atom stereocenters. The highest BCUT2D eigenvalue weighted by atomic mass is 32.2. The van der Waals surface area contributed by atoms with Crippen LogP contribution in [0.15, 0.2) is 17.4 Å². The van der Waals surface area contributed by atoms with E-state index in [1.165, 1.54) is 4.31 Å². The lowest BCUT2D eigenvalue weighted by atomic mass is 10.1. The first-order valence-electron chi connectivity index (χ1n) is 9.58. The number of sulfonamides is 1. The zero-order valence-corrected chi connectivity index (χ0v) is 17.7. The molecular formula is C17H33N7O2S. The highest BCUT2D eigenvalue weighted by molar-refractivity contribution is 7.89. The fourth-order valence-corrected chi connectivity index (χ4v) is 4.74. The van der Waals surface area contributed by atoms with Crippen LogP contribution in [0.4, 0.5) is 5.69 Å². The van der Waals surface area contributed by atoms with Gasteiger partial charge < -0.3 is 15.5 Å². The van der Waals surface area contributed by atoms with E-state index in [4.69, 9.17) is 0 Å². The van der Waals surface area contributed by atoms with E-state index in [0.29, 0.717) is 25.6 Å². The van der Waals surface area contributed by atoms with Crippen LogP contribution in [0.5, 0.6) is 0 Å². The van der Waals surface area contributed by atoms with Crippen molar-refractivity contribution in [1.29, 1.82) is 0 Å². The predicted molar refractivity (Wildman–Crippen MR) is 110 cm³/mol. The number of aliphatic imine (C=N–C) groups is 1. The number of piperidine rings is 1. The Bertz CT molecular complexity index is 713. The predicted octanol–water partition coefficient (Wildman–Crippen LogP) is 0.226. The van der Waals surface area contributed by atoms with Gasteiger partial charge in [0.15, 0.2) is 5.96 Å². The molecule has 1 aromatic heterocycles. The zero-order chi connectivity index (χ0) is 19.9. The third kappa shape index (κ3) is 6.10. The molecule has 2 heterocycles. The van der Waals surface area contributed by atoms with Crippen LogP contribution in [0.3, 0.4) is 0 Å². The quantitative estimate of drug-likeness (QED) is 0.480. The first-order valence-corrected chi connectivity index (χ1v) is 11.2. The maximum Gasteiger partial charge on any atom is 0.215 e. The third-order valence-electron chi connectivity index (χ3n) is 4.79. The monoisotopic (exact) mass is 399 g/mol. The van der Waals surface area contributed by atoms with Crippen LogP contribution in [0.1, 0.15) is 26.7 Å². The van der Waals surface area contributed by atoms with Crippen LogP contribution in [-0.4, -0.2) is 80.0 Å². The third-order valence-corrected chi connectivity index (χ3v) is 6.82. The van der Waals surface area contributed by atoms with Gasteiger partial charge in [0.05, 0.1) is 17.6 Å². The van der Waals surface area contributed by atoms with E-state index in [1.54, 1.807) is 7.05 Å². The lowest BCUT2D eigenvalue weighted by molar-refractivity contribution is 0.444. The highest BCUT2D eigenvalue weighted by Crippen LogP contribution is 2.18. The fraction of sp³-hybridized carbons (Fsp3) is 0.765. The summed E-state index contributed by atoms with van der Waals surface area (Å²) in [5.74, 6) is 0.699. The number of aromatic nitrogens is 2. The number of rotatable bonds is 8. The lowest BCUT2D eigenvalue weighted by Gasteiger charge is -2.34. The standard InChI is InChI=1S/C17H33N7O2S/c1-5-24(6-2)27(25,26)11-9-19-17(18-3)21-15-8-7-10-23(13-15)16-12-20-22(4)14-16/h12,14-15H,5-11,13H2,1-4H3,(H2,18,19,21). The number of nitrogens with zero attached hydrogens (tertiary/aromatic N) is 5. The van der Waals surface area contributed by atoms with Crippen LogP contribution in [0, 0.1) is 0 Å². The van der Waals surface area contributed by atoms with Gasteiger partial charge in [0.1, 0.15) is 0 Å². The van der Waals surface area contributed by atoms with Crippen molar-refractivity contribution in [2.45, 2.75) is 32.7 Å². The molecule has 1 aliphatic rings. The molecule has 9 nitrogen and oxygen atoms in total. The summed E-state index contributed by atoms with van der Waals surface area (Å²) >= 11 is 0. The summed E-state index contributed by atoms with van der Waals surface area (Å²) in [6.07, 6.45) is 6.04. The van der Waals surface area contributed by atoms with E-state index in [-0.39, 0.29) is 11.8 Å². The van der Waals surface area contributed by atoms with E-state index in [9.17, 15) is 8.42 Å². The maximum atomic E-state index is 12.3. The molecule has 0 aliphatic carbocycles. The van der Waals surface area contributed by atoms with Gasteiger partial charge in [0.25, 0.3) is 0 Å². The Morgan fingerprint density at radius 3 is 2.74 bits per heavy atom. The van der Waals surface area contributed by atoms with Crippen molar-refractivity contribution in [2.75, 3.05) is 50.4 Å². The van der Waals surface area contributed by atoms with Crippen LogP contribution in [0.2, 0.25) is 0 Å². The van der Waals surface area contributed by atoms with Gasteiger partial charge in [-0.1, -0.05) is 13.8 Å². The second kappa shape index (κ2) is 9.93. The van der Waals surface area contributed by atoms with Gasteiger partial charge in [-0.25, -0.2) is 12.7 Å². The van der Waals surface area contributed by atoms with Gasteiger partial charge in [-0.2, -0.15) is 5.10 Å². The molecule has 1 fully saturated rings. The van der Waals surface area contributed by atoms with Gasteiger partial charge in [-0.15, -0.1) is 0 Å². The SMILES string of the molecule is CCN(CC)S(=O)(=O)CCNC(=NC)NC1CCCN(c2cnn(C)c2)C1. The molecule has 0 spiro atoms. The topological polar surface area (TPSA) is 94.9 Å². The summed E-state index contributed by atoms with van der Waals surface area (Å²) in [4.78, 5) is 6.55. The molecule has 0 saturated carbocycles. The number of hydrogen-bond donors (Lipinski definition) is 2. The number of aryl methyl sites for hydroxylation is 1. The molecule has 27 heavy (non-hydrogen) atoms. The summed E-state index contributed by atoms with van der Waals surface area (Å²) in [6.45, 7) is 6.91. The van der Waals surface area contributed by atoms with Crippen LogP contribution < -0.4 is 15.5 Å². The molecule has 2 N–H and O–H groups in total. The first kappa shape index (κ1) is 21.5. The highest BCUT2D eigenvalue weighted by Gasteiger charge is 2.22.